The number of hydrogen-bond acceptors (Lipinski definition) is 2. The van der Waals surface area contributed by atoms with Gasteiger partial charge in [0, 0.05) is 12.0 Å². The lowest BCUT2D eigenvalue weighted by Crippen LogP contribution is -2.11. The predicted octanol–water partition coefficient (Wildman–Crippen LogP) is 6.84. The van der Waals surface area contributed by atoms with Gasteiger partial charge < -0.3 is 4.74 Å². The van der Waals surface area contributed by atoms with Gasteiger partial charge in [-0.3, -0.25) is 4.79 Å². The molecular formula is C24H30O2. The number of unbranched alkanes of at least 4 members (excludes halogenated alkanes) is 4. The van der Waals surface area contributed by atoms with E-state index in [9.17, 15) is 4.79 Å². The molecule has 0 saturated heterocycles. The van der Waals surface area contributed by atoms with Crippen LogP contribution in [-0.4, -0.2) is 5.97 Å². The molecule has 0 aliphatic heterocycles. The van der Waals surface area contributed by atoms with Gasteiger partial charge in [-0.25, -0.2) is 0 Å². The summed E-state index contributed by atoms with van der Waals surface area (Å²) in [6, 6.07) is 12.5. The van der Waals surface area contributed by atoms with Gasteiger partial charge in [0.25, 0.3) is 0 Å². The van der Waals surface area contributed by atoms with E-state index >= 15 is 0 Å². The zero-order valence-electron chi connectivity index (χ0n) is 16.0. The van der Waals surface area contributed by atoms with Crippen molar-refractivity contribution in [3.8, 4) is 0 Å². The number of carbonyl (C=O) groups excluding carboxylic acids is 1. The van der Waals surface area contributed by atoms with Crippen LogP contribution in [0.1, 0.15) is 76.0 Å². The Morgan fingerprint density at radius 2 is 1.73 bits per heavy atom. The Kier molecular flexibility index (Phi) is 6.49. The standard InChI is InChI=1S/C24H30O2/c1-18(2)10-6-4-3-5-7-15-23(25)26-22-17-16-20-12-8-11-19-13-9-14-21(22)24(19)20/h8-9,11-14,16-18,22H,3-7,10,15H2,1-2H3. The molecule has 2 heteroatoms. The third-order valence-electron chi connectivity index (χ3n) is 5.15. The van der Waals surface area contributed by atoms with E-state index in [1.807, 2.05) is 12.1 Å². The first-order valence-electron chi connectivity index (χ1n) is 10.0. The van der Waals surface area contributed by atoms with Crippen molar-refractivity contribution >= 4 is 22.8 Å². The second kappa shape index (κ2) is 9.02. The summed E-state index contributed by atoms with van der Waals surface area (Å²) in [6.45, 7) is 4.54. The number of rotatable bonds is 9. The summed E-state index contributed by atoms with van der Waals surface area (Å²) in [5, 5.41) is 2.41. The van der Waals surface area contributed by atoms with E-state index in [0.29, 0.717) is 6.42 Å². The molecule has 0 amide bonds. The fraction of sp³-hybridized carbons (Fsp3) is 0.458. The molecule has 138 valence electrons. The van der Waals surface area contributed by atoms with Gasteiger partial charge in [-0.2, -0.15) is 0 Å². The Morgan fingerprint density at radius 1 is 1.00 bits per heavy atom. The second-order valence-corrected chi connectivity index (χ2v) is 7.76. The zero-order valence-corrected chi connectivity index (χ0v) is 16.0. The molecule has 1 aliphatic rings. The third-order valence-corrected chi connectivity index (χ3v) is 5.15. The van der Waals surface area contributed by atoms with Crippen molar-refractivity contribution in [3.63, 3.8) is 0 Å². The van der Waals surface area contributed by atoms with Gasteiger partial charge in [0.15, 0.2) is 0 Å². The molecular weight excluding hydrogens is 320 g/mol. The largest absolute Gasteiger partial charge is 0.453 e. The van der Waals surface area contributed by atoms with Crippen LogP contribution in [0.15, 0.2) is 42.5 Å². The first-order valence-corrected chi connectivity index (χ1v) is 10.0. The second-order valence-electron chi connectivity index (χ2n) is 7.76. The smallest absolute Gasteiger partial charge is 0.306 e. The minimum Gasteiger partial charge on any atom is -0.453 e. The van der Waals surface area contributed by atoms with Crippen molar-refractivity contribution in [2.75, 3.05) is 0 Å². The fourth-order valence-corrected chi connectivity index (χ4v) is 3.73. The highest BCUT2D eigenvalue weighted by atomic mass is 16.5. The van der Waals surface area contributed by atoms with Crippen LogP contribution in [-0.2, 0) is 9.53 Å². The van der Waals surface area contributed by atoms with Gasteiger partial charge in [-0.15, -0.1) is 0 Å². The highest BCUT2D eigenvalue weighted by molar-refractivity contribution is 5.95. The maximum absolute atomic E-state index is 12.3. The SMILES string of the molecule is CC(C)CCCCCCCC(=O)OC1C=Cc2cccc3cccc1c23. The summed E-state index contributed by atoms with van der Waals surface area (Å²) in [4.78, 5) is 12.3. The van der Waals surface area contributed by atoms with Gasteiger partial charge in [0.2, 0.25) is 0 Å². The molecule has 0 heterocycles. The number of ether oxygens (including phenoxy) is 1. The van der Waals surface area contributed by atoms with Crippen molar-refractivity contribution < 1.29 is 9.53 Å². The van der Waals surface area contributed by atoms with E-state index in [2.05, 4.69) is 50.3 Å². The summed E-state index contributed by atoms with van der Waals surface area (Å²) in [5.41, 5.74) is 2.30. The molecule has 0 radical (unpaired) electrons. The molecule has 3 rings (SSSR count). The average Bonchev–Trinajstić information content (AvgIpc) is 2.63. The third kappa shape index (κ3) is 4.75. The lowest BCUT2D eigenvalue weighted by Gasteiger charge is -2.21. The Bertz CT molecular complexity index is 768. The maximum atomic E-state index is 12.3. The van der Waals surface area contributed by atoms with Gasteiger partial charge in [0.1, 0.15) is 6.10 Å². The first kappa shape index (κ1) is 18.7. The quantitative estimate of drug-likeness (QED) is 0.365. The molecule has 1 atom stereocenters. The molecule has 0 fully saturated rings. The van der Waals surface area contributed by atoms with Crippen LogP contribution in [0.3, 0.4) is 0 Å². The number of hydrogen-bond donors (Lipinski definition) is 0. The number of benzene rings is 2. The summed E-state index contributed by atoms with van der Waals surface area (Å²) in [6.07, 6.45) is 11.5. The van der Waals surface area contributed by atoms with Gasteiger partial charge in [-0.05, 0) is 34.8 Å². The Balaban J connectivity index is 1.47. The normalized spacial score (nSPS) is 15.6. The van der Waals surface area contributed by atoms with Crippen molar-refractivity contribution in [2.24, 2.45) is 5.92 Å². The summed E-state index contributed by atoms with van der Waals surface area (Å²) in [7, 11) is 0. The van der Waals surface area contributed by atoms with Crippen LogP contribution in [0.2, 0.25) is 0 Å². The van der Waals surface area contributed by atoms with E-state index in [-0.39, 0.29) is 12.1 Å². The van der Waals surface area contributed by atoms with Crippen molar-refractivity contribution in [1.82, 2.24) is 0 Å². The number of esters is 1. The summed E-state index contributed by atoms with van der Waals surface area (Å²) in [5.74, 6) is 0.710. The fourth-order valence-electron chi connectivity index (χ4n) is 3.73. The van der Waals surface area contributed by atoms with E-state index < -0.39 is 0 Å². The molecule has 0 N–H and O–H groups in total. The summed E-state index contributed by atoms with van der Waals surface area (Å²) >= 11 is 0. The lowest BCUT2D eigenvalue weighted by molar-refractivity contribution is -0.147. The average molecular weight is 351 g/mol. The molecule has 0 bridgehead atoms. The first-order chi connectivity index (χ1) is 12.6. The minimum atomic E-state index is -0.257. The highest BCUT2D eigenvalue weighted by Gasteiger charge is 2.20. The van der Waals surface area contributed by atoms with E-state index in [4.69, 9.17) is 4.74 Å². The van der Waals surface area contributed by atoms with Crippen LogP contribution < -0.4 is 0 Å². The van der Waals surface area contributed by atoms with Gasteiger partial charge in [0.05, 0.1) is 0 Å². The van der Waals surface area contributed by atoms with Crippen molar-refractivity contribution in [2.45, 2.75) is 64.9 Å². The van der Waals surface area contributed by atoms with Gasteiger partial charge >= 0.3 is 5.97 Å². The van der Waals surface area contributed by atoms with Crippen LogP contribution in [0.5, 0.6) is 0 Å². The van der Waals surface area contributed by atoms with Crippen molar-refractivity contribution in [1.29, 1.82) is 0 Å². The van der Waals surface area contributed by atoms with Crippen molar-refractivity contribution in [3.05, 3.63) is 53.6 Å². The Hall–Kier alpha value is -2.09. The maximum Gasteiger partial charge on any atom is 0.306 e. The van der Waals surface area contributed by atoms with Gasteiger partial charge in [-0.1, -0.05) is 88.4 Å². The van der Waals surface area contributed by atoms with E-state index in [1.54, 1.807) is 0 Å². The molecule has 2 aromatic rings. The Morgan fingerprint density at radius 3 is 2.54 bits per heavy atom. The molecule has 0 aromatic heterocycles. The van der Waals surface area contributed by atoms with Crippen LogP contribution in [0.25, 0.3) is 16.8 Å². The van der Waals surface area contributed by atoms with E-state index in [0.717, 1.165) is 24.3 Å². The number of carbonyl (C=O) groups is 1. The molecule has 0 saturated carbocycles. The highest BCUT2D eigenvalue weighted by Crippen LogP contribution is 2.35. The Labute approximate surface area is 157 Å². The minimum absolute atomic E-state index is 0.0850. The summed E-state index contributed by atoms with van der Waals surface area (Å²) < 4.78 is 5.77. The monoisotopic (exact) mass is 350 g/mol. The molecule has 1 unspecified atom stereocenters. The molecule has 26 heavy (non-hydrogen) atoms. The zero-order chi connectivity index (χ0) is 18.4. The van der Waals surface area contributed by atoms with Crippen LogP contribution in [0, 0.1) is 5.92 Å². The lowest BCUT2D eigenvalue weighted by atomic mass is 9.91. The molecule has 2 nitrogen and oxygen atoms in total. The van der Waals surface area contributed by atoms with E-state index in [1.165, 1.54) is 42.0 Å². The van der Waals surface area contributed by atoms with Crippen LogP contribution in [0.4, 0.5) is 0 Å². The topological polar surface area (TPSA) is 26.3 Å². The molecule has 0 spiro atoms. The molecule has 2 aromatic carbocycles. The van der Waals surface area contributed by atoms with Crippen LogP contribution >= 0.6 is 0 Å². The molecule has 1 aliphatic carbocycles. The predicted molar refractivity (Wildman–Crippen MR) is 109 cm³/mol.